The van der Waals surface area contributed by atoms with E-state index in [4.69, 9.17) is 20.2 Å². The summed E-state index contributed by atoms with van der Waals surface area (Å²) in [7, 11) is 3.10. The van der Waals surface area contributed by atoms with Gasteiger partial charge in [0.05, 0.1) is 19.6 Å². The van der Waals surface area contributed by atoms with Crippen molar-refractivity contribution in [1.82, 2.24) is 9.55 Å². The molecule has 1 aliphatic carbocycles. The highest BCUT2D eigenvalue weighted by Gasteiger charge is 2.26. The lowest BCUT2D eigenvalue weighted by Crippen LogP contribution is -2.34. The van der Waals surface area contributed by atoms with Crippen LogP contribution >= 0.6 is 11.3 Å². The van der Waals surface area contributed by atoms with Gasteiger partial charge in [0.25, 0.3) is 5.56 Å². The molecule has 7 nitrogen and oxygen atoms in total. The average Bonchev–Trinajstić information content (AvgIpc) is 3.11. The maximum absolute atomic E-state index is 13.5. The molecule has 1 aliphatic rings. The molecule has 0 fully saturated rings. The van der Waals surface area contributed by atoms with E-state index in [1.54, 1.807) is 50.7 Å². The molecule has 0 spiro atoms. The number of rotatable bonds is 5. The van der Waals surface area contributed by atoms with Gasteiger partial charge in [-0.05, 0) is 56.4 Å². The van der Waals surface area contributed by atoms with Gasteiger partial charge in [-0.1, -0.05) is 0 Å². The number of hydrogen-bond acceptors (Lipinski definition) is 6. The lowest BCUT2D eigenvalue weighted by Gasteiger charge is -2.18. The van der Waals surface area contributed by atoms with Crippen molar-refractivity contribution < 1.29 is 14.3 Å². The molecule has 152 valence electrons. The fourth-order valence-corrected chi connectivity index (χ4v) is 5.13. The summed E-state index contributed by atoms with van der Waals surface area (Å²) in [4.78, 5) is 32.3. The minimum Gasteiger partial charge on any atom is -0.493 e. The third-order valence-electron chi connectivity index (χ3n) is 5.46. The van der Waals surface area contributed by atoms with E-state index in [2.05, 4.69) is 0 Å². The Morgan fingerprint density at radius 2 is 1.93 bits per heavy atom. The van der Waals surface area contributed by atoms with Crippen molar-refractivity contribution in [3.8, 4) is 22.9 Å². The Kier molecular flexibility index (Phi) is 5.04. The van der Waals surface area contributed by atoms with Crippen LogP contribution in [-0.2, 0) is 17.6 Å². The van der Waals surface area contributed by atoms with Crippen LogP contribution in [0.5, 0.6) is 11.5 Å². The van der Waals surface area contributed by atoms with Gasteiger partial charge in [0.15, 0.2) is 11.5 Å². The Hall–Kier alpha value is -2.87. The first-order valence-corrected chi connectivity index (χ1v) is 10.4. The topological polar surface area (TPSA) is 96.4 Å². The van der Waals surface area contributed by atoms with E-state index in [0.717, 1.165) is 31.2 Å². The number of nitrogens with two attached hydrogens (primary N) is 1. The van der Waals surface area contributed by atoms with Crippen LogP contribution in [0.25, 0.3) is 21.6 Å². The Balaban J connectivity index is 2.04. The second-order valence-electron chi connectivity index (χ2n) is 7.15. The van der Waals surface area contributed by atoms with Crippen LogP contribution in [-0.4, -0.2) is 29.7 Å². The van der Waals surface area contributed by atoms with Gasteiger partial charge in [0, 0.05) is 10.4 Å². The predicted octanol–water partition coefficient (Wildman–Crippen LogP) is 3.07. The number of thiophene rings is 1. The molecule has 1 unspecified atom stereocenters. The standard InChI is InChI=1S/C21H23N3O4S/c1-11(18(22)25)24-19(12-8-9-14(27-2)15(10-12)28-3)23-20-17(21(24)26)13-6-4-5-7-16(13)29-20/h8-11H,4-7H2,1-3H3,(H2,22,25). The van der Waals surface area contributed by atoms with Crippen LogP contribution in [0, 0.1) is 0 Å². The lowest BCUT2D eigenvalue weighted by atomic mass is 9.97. The molecular formula is C21H23N3O4S. The first-order valence-electron chi connectivity index (χ1n) is 9.54. The number of methoxy groups -OCH3 is 2. The molecule has 0 saturated carbocycles. The normalized spacial score (nSPS) is 14.4. The number of aryl methyl sites for hydroxylation is 2. The van der Waals surface area contributed by atoms with Gasteiger partial charge < -0.3 is 15.2 Å². The van der Waals surface area contributed by atoms with E-state index in [-0.39, 0.29) is 5.56 Å². The molecular weight excluding hydrogens is 390 g/mol. The number of fused-ring (bicyclic) bond motifs is 3. The fraction of sp³-hybridized carbons (Fsp3) is 0.381. The number of carbonyl (C=O) groups is 1. The van der Waals surface area contributed by atoms with E-state index in [0.29, 0.717) is 33.1 Å². The van der Waals surface area contributed by atoms with Gasteiger partial charge in [-0.3, -0.25) is 14.2 Å². The smallest absolute Gasteiger partial charge is 0.263 e. The predicted molar refractivity (Wildman–Crippen MR) is 113 cm³/mol. The molecule has 2 heterocycles. The molecule has 0 aliphatic heterocycles. The second kappa shape index (κ2) is 7.51. The largest absolute Gasteiger partial charge is 0.493 e. The number of nitrogens with zero attached hydrogens (tertiary/aromatic N) is 2. The maximum Gasteiger partial charge on any atom is 0.263 e. The van der Waals surface area contributed by atoms with E-state index in [9.17, 15) is 9.59 Å². The summed E-state index contributed by atoms with van der Waals surface area (Å²) in [5.41, 5.74) is 7.09. The Bertz CT molecular complexity index is 1160. The van der Waals surface area contributed by atoms with E-state index >= 15 is 0 Å². The quantitative estimate of drug-likeness (QED) is 0.693. The zero-order valence-corrected chi connectivity index (χ0v) is 17.5. The molecule has 2 N–H and O–H groups in total. The van der Waals surface area contributed by atoms with Gasteiger partial charge in [-0.2, -0.15) is 0 Å². The van der Waals surface area contributed by atoms with E-state index in [1.165, 1.54) is 9.44 Å². The Labute approximate surface area is 172 Å². The molecule has 2 aromatic heterocycles. The van der Waals surface area contributed by atoms with Crippen molar-refractivity contribution in [2.75, 3.05) is 14.2 Å². The van der Waals surface area contributed by atoms with Gasteiger partial charge >= 0.3 is 0 Å². The first-order chi connectivity index (χ1) is 14.0. The molecule has 0 saturated heterocycles. The number of ether oxygens (including phenoxy) is 2. The van der Waals surface area contributed by atoms with Crippen molar-refractivity contribution in [2.24, 2.45) is 5.73 Å². The number of primary amides is 1. The zero-order chi connectivity index (χ0) is 20.7. The van der Waals surface area contributed by atoms with Crippen LogP contribution in [0.4, 0.5) is 0 Å². The second-order valence-corrected chi connectivity index (χ2v) is 8.23. The molecule has 0 bridgehead atoms. The molecule has 1 atom stereocenters. The van der Waals surface area contributed by atoms with Crippen molar-refractivity contribution in [3.05, 3.63) is 39.0 Å². The molecule has 1 amide bonds. The number of carbonyl (C=O) groups excluding carboxylic acids is 1. The van der Waals surface area contributed by atoms with Crippen molar-refractivity contribution in [3.63, 3.8) is 0 Å². The summed E-state index contributed by atoms with van der Waals surface area (Å²) in [5.74, 6) is 0.899. The number of aromatic nitrogens is 2. The minimum atomic E-state index is -0.832. The summed E-state index contributed by atoms with van der Waals surface area (Å²) < 4.78 is 12.1. The van der Waals surface area contributed by atoms with E-state index < -0.39 is 11.9 Å². The van der Waals surface area contributed by atoms with Crippen LogP contribution in [0.1, 0.15) is 36.2 Å². The number of hydrogen-bond donors (Lipinski definition) is 1. The van der Waals surface area contributed by atoms with Gasteiger partial charge in [0.1, 0.15) is 16.7 Å². The van der Waals surface area contributed by atoms with Crippen LogP contribution < -0.4 is 20.8 Å². The Morgan fingerprint density at radius 1 is 1.21 bits per heavy atom. The lowest BCUT2D eigenvalue weighted by molar-refractivity contribution is -0.120. The Morgan fingerprint density at radius 3 is 2.62 bits per heavy atom. The van der Waals surface area contributed by atoms with Crippen LogP contribution in [0.2, 0.25) is 0 Å². The third kappa shape index (κ3) is 3.17. The third-order valence-corrected chi connectivity index (χ3v) is 6.65. The SMILES string of the molecule is COc1ccc(-c2nc3sc4c(c3c(=O)n2C(C)C(N)=O)CCCC4)cc1OC. The zero-order valence-electron chi connectivity index (χ0n) is 16.7. The van der Waals surface area contributed by atoms with Gasteiger partial charge in [-0.25, -0.2) is 4.98 Å². The highest BCUT2D eigenvalue weighted by atomic mass is 32.1. The maximum atomic E-state index is 13.5. The molecule has 8 heteroatoms. The highest BCUT2D eigenvalue weighted by molar-refractivity contribution is 7.18. The van der Waals surface area contributed by atoms with E-state index in [1.807, 2.05) is 0 Å². The average molecular weight is 413 g/mol. The summed E-state index contributed by atoms with van der Waals surface area (Å²) in [5, 5.41) is 0.627. The molecule has 3 aromatic rings. The monoisotopic (exact) mass is 413 g/mol. The van der Waals surface area contributed by atoms with Crippen molar-refractivity contribution >= 4 is 27.5 Å². The van der Waals surface area contributed by atoms with Crippen LogP contribution in [0.3, 0.4) is 0 Å². The fourth-order valence-electron chi connectivity index (χ4n) is 3.88. The summed E-state index contributed by atoms with van der Waals surface area (Å²) in [6.45, 7) is 1.63. The first kappa shape index (κ1) is 19.4. The van der Waals surface area contributed by atoms with Crippen molar-refractivity contribution in [2.45, 2.75) is 38.6 Å². The molecule has 1 aromatic carbocycles. The molecule has 0 radical (unpaired) electrons. The summed E-state index contributed by atoms with van der Waals surface area (Å²) in [6, 6.07) is 4.47. The minimum absolute atomic E-state index is 0.217. The number of benzene rings is 1. The van der Waals surface area contributed by atoms with Crippen molar-refractivity contribution in [1.29, 1.82) is 0 Å². The van der Waals surface area contributed by atoms with Gasteiger partial charge in [0.2, 0.25) is 5.91 Å². The highest BCUT2D eigenvalue weighted by Crippen LogP contribution is 2.37. The van der Waals surface area contributed by atoms with Gasteiger partial charge in [-0.15, -0.1) is 11.3 Å². The summed E-state index contributed by atoms with van der Waals surface area (Å²) >= 11 is 1.57. The summed E-state index contributed by atoms with van der Waals surface area (Å²) in [6.07, 6.45) is 4.01. The molecule has 29 heavy (non-hydrogen) atoms. The number of amides is 1. The molecule has 4 rings (SSSR count). The van der Waals surface area contributed by atoms with Crippen LogP contribution in [0.15, 0.2) is 23.0 Å².